The van der Waals surface area contributed by atoms with E-state index in [9.17, 15) is 23.1 Å². The molecule has 0 saturated carbocycles. The number of methoxy groups -OCH3 is 1. The Labute approximate surface area is 227 Å². The van der Waals surface area contributed by atoms with E-state index in [2.05, 4.69) is 4.98 Å². The van der Waals surface area contributed by atoms with Crippen LogP contribution in [-0.2, 0) is 4.79 Å². The summed E-state index contributed by atoms with van der Waals surface area (Å²) in [6.07, 6.45) is 0.635. The van der Waals surface area contributed by atoms with Gasteiger partial charge in [-0.1, -0.05) is 11.6 Å². The van der Waals surface area contributed by atoms with Crippen molar-refractivity contribution in [3.05, 3.63) is 64.6 Å². The number of fused-ring (bicyclic) bond motifs is 1. The van der Waals surface area contributed by atoms with Gasteiger partial charge in [0.05, 0.1) is 28.0 Å². The molecule has 1 saturated heterocycles. The number of pyridine rings is 1. The van der Waals surface area contributed by atoms with Gasteiger partial charge in [-0.3, -0.25) is 9.78 Å². The number of rotatable bonds is 10. The van der Waals surface area contributed by atoms with E-state index >= 15 is 4.39 Å². The number of ether oxygens (including phenoxy) is 1. The fourth-order valence-corrected chi connectivity index (χ4v) is 6.10. The number of hydrogen-bond acceptors (Lipinski definition) is 5. The van der Waals surface area contributed by atoms with Gasteiger partial charge in [0.1, 0.15) is 29.4 Å². The largest absolute Gasteiger partial charge is 0.497 e. The van der Waals surface area contributed by atoms with Gasteiger partial charge in [0.15, 0.2) is 0 Å². The van der Waals surface area contributed by atoms with Gasteiger partial charge < -0.3 is 14.7 Å². The quantitative estimate of drug-likeness (QED) is 0.208. The predicted octanol–water partition coefficient (Wildman–Crippen LogP) is 7.06. The first-order valence-electron chi connectivity index (χ1n) is 12.1. The summed E-state index contributed by atoms with van der Waals surface area (Å²) in [7, 11) is 1.51. The average Bonchev–Trinajstić information content (AvgIpc) is 2.89. The fraction of sp³-hybridized carbons (Fsp3) is 0.407. The number of carbonyl (C=O) groups is 1. The van der Waals surface area contributed by atoms with Gasteiger partial charge in [0.25, 0.3) is 0 Å². The lowest BCUT2D eigenvalue weighted by atomic mass is 9.74. The predicted molar refractivity (Wildman–Crippen MR) is 139 cm³/mol. The lowest BCUT2D eigenvalue weighted by Crippen LogP contribution is -2.45. The molecule has 204 valence electrons. The molecule has 1 fully saturated rings. The van der Waals surface area contributed by atoms with Crippen molar-refractivity contribution in [1.29, 1.82) is 0 Å². The van der Waals surface area contributed by atoms with Crippen LogP contribution in [0.15, 0.2) is 41.4 Å². The third-order valence-corrected chi connectivity index (χ3v) is 8.51. The van der Waals surface area contributed by atoms with Crippen LogP contribution in [0.25, 0.3) is 10.9 Å². The van der Waals surface area contributed by atoms with Gasteiger partial charge in [0.2, 0.25) is 0 Å². The van der Waals surface area contributed by atoms with E-state index in [4.69, 9.17) is 16.3 Å². The Morgan fingerprint density at radius 3 is 2.53 bits per heavy atom. The summed E-state index contributed by atoms with van der Waals surface area (Å²) in [5.74, 6) is -2.95. The third kappa shape index (κ3) is 6.18. The summed E-state index contributed by atoms with van der Waals surface area (Å²) >= 11 is 7.27. The smallest absolute Gasteiger partial charge is 0.309 e. The standard InChI is InChI=1S/C27H27ClF4N2O3S/c1-37-17-2-3-23-18(14-17)24(19(28)15-33-23)20(30)4-5-27(26(35)36)6-8-34(9-7-27)10-11-38-25-21(31)12-16(29)13-22(25)32/h2-3,12-15,20H,4-11H2,1H3,(H,35,36). The third-order valence-electron chi connectivity index (χ3n) is 7.14. The van der Waals surface area contributed by atoms with E-state index in [0.29, 0.717) is 67.0 Å². The number of aliphatic carboxylic acids is 1. The molecule has 1 N–H and O–H groups in total. The van der Waals surface area contributed by atoms with Gasteiger partial charge in [-0.15, -0.1) is 11.8 Å². The van der Waals surface area contributed by atoms with Crippen molar-refractivity contribution in [2.45, 2.75) is 36.8 Å². The number of thioether (sulfide) groups is 1. The first kappa shape index (κ1) is 28.4. The number of carboxylic acids is 1. The Morgan fingerprint density at radius 1 is 1.21 bits per heavy atom. The molecule has 0 radical (unpaired) electrons. The minimum atomic E-state index is -1.49. The highest BCUT2D eigenvalue weighted by atomic mass is 35.5. The van der Waals surface area contributed by atoms with Crippen LogP contribution in [-0.4, -0.2) is 53.5 Å². The Kier molecular flexibility index (Phi) is 9.05. The van der Waals surface area contributed by atoms with Crippen molar-refractivity contribution in [1.82, 2.24) is 9.88 Å². The number of nitrogens with zero attached hydrogens (tertiary/aromatic N) is 2. The maximum absolute atomic E-state index is 15.6. The summed E-state index contributed by atoms with van der Waals surface area (Å²) in [6.45, 7) is 1.38. The first-order chi connectivity index (χ1) is 18.1. The fourth-order valence-electron chi connectivity index (χ4n) is 4.88. The summed E-state index contributed by atoms with van der Waals surface area (Å²) in [4.78, 5) is 18.3. The van der Waals surface area contributed by atoms with Crippen molar-refractivity contribution in [3.63, 3.8) is 0 Å². The first-order valence-corrected chi connectivity index (χ1v) is 13.5. The van der Waals surface area contributed by atoms with Gasteiger partial charge in [0, 0.05) is 41.6 Å². The highest BCUT2D eigenvalue weighted by Crippen LogP contribution is 2.42. The minimum absolute atomic E-state index is 0.0265. The molecule has 5 nitrogen and oxygen atoms in total. The number of benzene rings is 2. The molecule has 38 heavy (non-hydrogen) atoms. The molecule has 2 aromatic carbocycles. The molecule has 1 aliphatic rings. The monoisotopic (exact) mass is 570 g/mol. The molecule has 0 aliphatic carbocycles. The molecule has 1 aromatic heterocycles. The Balaban J connectivity index is 1.37. The van der Waals surface area contributed by atoms with Crippen LogP contribution in [0.2, 0.25) is 5.02 Å². The molecule has 0 amide bonds. The number of carboxylic acid groups (broad SMARTS) is 1. The minimum Gasteiger partial charge on any atom is -0.497 e. The van der Waals surface area contributed by atoms with Crippen LogP contribution >= 0.6 is 23.4 Å². The van der Waals surface area contributed by atoms with Gasteiger partial charge in [-0.05, 0) is 57.0 Å². The maximum Gasteiger partial charge on any atom is 0.309 e. The van der Waals surface area contributed by atoms with E-state index in [0.717, 1.165) is 11.8 Å². The van der Waals surface area contributed by atoms with E-state index < -0.39 is 35.0 Å². The highest BCUT2D eigenvalue weighted by Gasteiger charge is 2.41. The summed E-state index contributed by atoms with van der Waals surface area (Å²) in [5, 5.41) is 10.7. The SMILES string of the molecule is COc1ccc2ncc(Cl)c(C(F)CCC3(C(=O)O)CCN(CCSc4c(F)cc(F)cc4F)CC3)c2c1. The van der Waals surface area contributed by atoms with Crippen LogP contribution in [0.3, 0.4) is 0 Å². The topological polar surface area (TPSA) is 62.7 Å². The second-order valence-electron chi connectivity index (χ2n) is 9.38. The van der Waals surface area contributed by atoms with E-state index in [-0.39, 0.29) is 28.3 Å². The molecule has 11 heteroatoms. The molecule has 2 heterocycles. The molecule has 0 bridgehead atoms. The van der Waals surface area contributed by atoms with E-state index in [1.54, 1.807) is 18.2 Å². The highest BCUT2D eigenvalue weighted by molar-refractivity contribution is 7.99. The molecule has 0 spiro atoms. The number of hydrogen-bond donors (Lipinski definition) is 1. The average molecular weight is 571 g/mol. The zero-order valence-electron chi connectivity index (χ0n) is 20.7. The lowest BCUT2D eigenvalue weighted by molar-refractivity contribution is -0.153. The number of alkyl halides is 1. The molecule has 1 aliphatic heterocycles. The maximum atomic E-state index is 15.6. The second-order valence-corrected chi connectivity index (χ2v) is 10.9. The Bertz CT molecular complexity index is 1300. The van der Waals surface area contributed by atoms with Crippen molar-refractivity contribution in [3.8, 4) is 5.75 Å². The summed E-state index contributed by atoms with van der Waals surface area (Å²) in [5.41, 5.74) is -0.255. The Morgan fingerprint density at radius 2 is 1.89 bits per heavy atom. The van der Waals surface area contributed by atoms with Crippen LogP contribution in [0.1, 0.15) is 37.4 Å². The number of piperidine rings is 1. The number of aromatic nitrogens is 1. The van der Waals surface area contributed by atoms with Gasteiger partial charge >= 0.3 is 5.97 Å². The van der Waals surface area contributed by atoms with Gasteiger partial charge in [-0.25, -0.2) is 17.6 Å². The van der Waals surface area contributed by atoms with Crippen molar-refractivity contribution >= 4 is 40.2 Å². The molecule has 1 unspecified atom stereocenters. The van der Waals surface area contributed by atoms with E-state index in [1.165, 1.54) is 13.3 Å². The zero-order valence-corrected chi connectivity index (χ0v) is 22.2. The lowest BCUT2D eigenvalue weighted by Gasteiger charge is -2.39. The summed E-state index contributed by atoms with van der Waals surface area (Å²) in [6, 6.07) is 6.39. The van der Waals surface area contributed by atoms with E-state index in [1.807, 2.05) is 4.90 Å². The number of likely N-dealkylation sites (tertiary alicyclic amines) is 1. The van der Waals surface area contributed by atoms with Crippen LogP contribution in [0, 0.1) is 22.9 Å². The van der Waals surface area contributed by atoms with Crippen LogP contribution in [0.4, 0.5) is 17.6 Å². The van der Waals surface area contributed by atoms with Crippen molar-refractivity contribution in [2.24, 2.45) is 5.41 Å². The van der Waals surface area contributed by atoms with Crippen LogP contribution < -0.4 is 4.74 Å². The molecule has 4 rings (SSSR count). The molecular formula is C27H27ClF4N2O3S. The Hall–Kier alpha value is -2.56. The van der Waals surface area contributed by atoms with Crippen molar-refractivity contribution in [2.75, 3.05) is 32.5 Å². The molecule has 1 atom stereocenters. The molecular weight excluding hydrogens is 544 g/mol. The normalized spacial score (nSPS) is 16.5. The second kappa shape index (κ2) is 12.1. The van der Waals surface area contributed by atoms with Crippen LogP contribution in [0.5, 0.6) is 5.75 Å². The molecule has 3 aromatic rings. The van der Waals surface area contributed by atoms with Crippen molar-refractivity contribution < 1.29 is 32.2 Å². The zero-order chi connectivity index (χ0) is 27.4. The number of halogens is 5. The van der Waals surface area contributed by atoms with Gasteiger partial charge in [-0.2, -0.15) is 0 Å². The summed E-state index contributed by atoms with van der Waals surface area (Å²) < 4.78 is 61.7.